The van der Waals surface area contributed by atoms with Gasteiger partial charge in [-0.05, 0) is 38.1 Å². The summed E-state index contributed by atoms with van der Waals surface area (Å²) < 4.78 is 24.9. The highest BCUT2D eigenvalue weighted by atomic mass is 32.2. The van der Waals surface area contributed by atoms with Gasteiger partial charge in [0.15, 0.2) is 0 Å². The minimum absolute atomic E-state index is 0.282. The van der Waals surface area contributed by atoms with E-state index in [4.69, 9.17) is 5.73 Å². The first-order valence-corrected chi connectivity index (χ1v) is 7.12. The third-order valence-corrected chi connectivity index (χ3v) is 4.21. The molecule has 1 rings (SSSR count). The van der Waals surface area contributed by atoms with Crippen molar-refractivity contribution in [3.8, 4) is 0 Å². The van der Waals surface area contributed by atoms with Crippen LogP contribution in [0, 0.1) is 0 Å². The molecule has 0 saturated carbocycles. The largest absolute Gasteiger partial charge is 0.383 e. The number of sulfonamides is 1. The quantitative estimate of drug-likeness (QED) is 0.840. The number of hydrogen-bond donors (Lipinski definition) is 2. The van der Waals surface area contributed by atoms with Gasteiger partial charge in [-0.1, -0.05) is 0 Å². The van der Waals surface area contributed by atoms with Gasteiger partial charge in [-0.2, -0.15) is 0 Å². The van der Waals surface area contributed by atoms with E-state index in [1.165, 1.54) is 18.4 Å². The SMILES string of the molecule is CN(C)S(=O)(=O)c1ccc(NCC(C)(C)N)cc1. The van der Waals surface area contributed by atoms with Gasteiger partial charge in [-0.25, -0.2) is 12.7 Å². The van der Waals surface area contributed by atoms with Crippen molar-refractivity contribution in [2.45, 2.75) is 24.3 Å². The van der Waals surface area contributed by atoms with Gasteiger partial charge in [0.2, 0.25) is 10.0 Å². The molecule has 0 aliphatic heterocycles. The highest BCUT2D eigenvalue weighted by Gasteiger charge is 2.16. The van der Waals surface area contributed by atoms with Crippen molar-refractivity contribution in [3.05, 3.63) is 24.3 Å². The first-order chi connectivity index (χ1) is 8.13. The van der Waals surface area contributed by atoms with E-state index < -0.39 is 10.0 Å². The summed E-state index contributed by atoms with van der Waals surface area (Å²) in [5, 5.41) is 3.16. The lowest BCUT2D eigenvalue weighted by Crippen LogP contribution is -2.39. The number of nitrogens with zero attached hydrogens (tertiary/aromatic N) is 1. The van der Waals surface area contributed by atoms with Crippen molar-refractivity contribution in [1.29, 1.82) is 0 Å². The number of rotatable bonds is 5. The van der Waals surface area contributed by atoms with E-state index in [1.54, 1.807) is 24.3 Å². The molecule has 0 unspecified atom stereocenters. The van der Waals surface area contributed by atoms with Crippen LogP contribution in [0.2, 0.25) is 0 Å². The second-order valence-electron chi connectivity index (χ2n) is 5.15. The minimum Gasteiger partial charge on any atom is -0.383 e. The van der Waals surface area contributed by atoms with Crippen LogP contribution >= 0.6 is 0 Å². The van der Waals surface area contributed by atoms with Crippen LogP contribution < -0.4 is 11.1 Å². The lowest BCUT2D eigenvalue weighted by Gasteiger charge is -2.20. The Balaban J connectivity index is 2.81. The fourth-order valence-corrected chi connectivity index (χ4v) is 2.19. The second-order valence-corrected chi connectivity index (χ2v) is 7.31. The summed E-state index contributed by atoms with van der Waals surface area (Å²) in [6, 6.07) is 6.65. The molecule has 0 heterocycles. The normalized spacial score (nSPS) is 12.8. The predicted octanol–water partition coefficient (Wildman–Crippen LogP) is 1.09. The minimum atomic E-state index is -3.36. The molecular formula is C12H21N3O2S. The van der Waals surface area contributed by atoms with Crippen molar-refractivity contribution >= 4 is 15.7 Å². The number of nitrogens with one attached hydrogen (secondary N) is 1. The zero-order valence-electron chi connectivity index (χ0n) is 11.3. The lowest BCUT2D eigenvalue weighted by atomic mass is 10.1. The molecule has 0 spiro atoms. The summed E-state index contributed by atoms with van der Waals surface area (Å²) >= 11 is 0. The van der Waals surface area contributed by atoms with E-state index in [0.29, 0.717) is 6.54 Å². The molecule has 0 aliphatic carbocycles. The van der Waals surface area contributed by atoms with E-state index >= 15 is 0 Å². The summed E-state index contributed by atoms with van der Waals surface area (Å²) in [5.74, 6) is 0. The molecule has 0 amide bonds. The van der Waals surface area contributed by atoms with Gasteiger partial charge in [0.05, 0.1) is 4.90 Å². The van der Waals surface area contributed by atoms with Crippen molar-refractivity contribution in [2.24, 2.45) is 5.73 Å². The van der Waals surface area contributed by atoms with Gasteiger partial charge >= 0.3 is 0 Å². The van der Waals surface area contributed by atoms with Crippen molar-refractivity contribution in [2.75, 3.05) is 26.0 Å². The molecule has 0 saturated heterocycles. The summed E-state index contributed by atoms with van der Waals surface area (Å²) in [5.41, 5.74) is 6.40. The first kappa shape index (κ1) is 14.9. The Morgan fingerprint density at radius 2 is 1.72 bits per heavy atom. The maximum absolute atomic E-state index is 11.8. The molecule has 0 atom stereocenters. The average molecular weight is 271 g/mol. The molecular weight excluding hydrogens is 250 g/mol. The molecule has 6 heteroatoms. The van der Waals surface area contributed by atoms with Crippen LogP contribution in [0.4, 0.5) is 5.69 Å². The fourth-order valence-electron chi connectivity index (χ4n) is 1.29. The molecule has 0 fully saturated rings. The number of nitrogens with two attached hydrogens (primary N) is 1. The van der Waals surface area contributed by atoms with Gasteiger partial charge in [0.25, 0.3) is 0 Å². The summed E-state index contributed by atoms with van der Waals surface area (Å²) in [4.78, 5) is 0.282. The zero-order chi connectivity index (χ0) is 14.0. The first-order valence-electron chi connectivity index (χ1n) is 5.68. The van der Waals surface area contributed by atoms with Crippen LogP contribution in [0.5, 0.6) is 0 Å². The molecule has 1 aromatic carbocycles. The second kappa shape index (κ2) is 5.26. The van der Waals surface area contributed by atoms with Crippen molar-refractivity contribution < 1.29 is 8.42 Å². The molecule has 0 aliphatic rings. The fraction of sp³-hybridized carbons (Fsp3) is 0.500. The van der Waals surface area contributed by atoms with Gasteiger partial charge < -0.3 is 11.1 Å². The summed E-state index contributed by atoms with van der Waals surface area (Å²) in [7, 11) is -0.331. The topological polar surface area (TPSA) is 75.4 Å². The smallest absolute Gasteiger partial charge is 0.242 e. The Morgan fingerprint density at radius 1 is 1.22 bits per heavy atom. The Labute approximate surface area is 109 Å². The maximum atomic E-state index is 11.8. The molecule has 3 N–H and O–H groups in total. The van der Waals surface area contributed by atoms with Crippen molar-refractivity contribution in [3.63, 3.8) is 0 Å². The van der Waals surface area contributed by atoms with E-state index in [0.717, 1.165) is 5.69 Å². The van der Waals surface area contributed by atoms with Crippen LogP contribution in [0.1, 0.15) is 13.8 Å². The van der Waals surface area contributed by atoms with Gasteiger partial charge in [-0.15, -0.1) is 0 Å². The summed E-state index contributed by atoms with van der Waals surface area (Å²) in [6.45, 7) is 4.46. The summed E-state index contributed by atoms with van der Waals surface area (Å²) in [6.07, 6.45) is 0. The Kier molecular flexibility index (Phi) is 4.37. The number of benzene rings is 1. The molecule has 18 heavy (non-hydrogen) atoms. The van der Waals surface area contributed by atoms with Crippen molar-refractivity contribution in [1.82, 2.24) is 4.31 Å². The predicted molar refractivity (Wildman–Crippen MR) is 74.1 cm³/mol. The van der Waals surface area contributed by atoms with E-state index in [9.17, 15) is 8.42 Å². The van der Waals surface area contributed by atoms with Crippen LogP contribution in [0.25, 0.3) is 0 Å². The third-order valence-electron chi connectivity index (χ3n) is 2.38. The van der Waals surface area contributed by atoms with Crippen LogP contribution in [0.15, 0.2) is 29.2 Å². The molecule has 0 aromatic heterocycles. The molecule has 0 bridgehead atoms. The Bertz CT molecular complexity index is 487. The highest BCUT2D eigenvalue weighted by molar-refractivity contribution is 7.89. The number of anilines is 1. The molecule has 102 valence electrons. The average Bonchev–Trinajstić information content (AvgIpc) is 2.26. The van der Waals surface area contributed by atoms with Crippen LogP contribution in [-0.2, 0) is 10.0 Å². The van der Waals surface area contributed by atoms with Gasteiger partial charge in [-0.3, -0.25) is 0 Å². The van der Waals surface area contributed by atoms with E-state index in [-0.39, 0.29) is 10.4 Å². The van der Waals surface area contributed by atoms with E-state index in [1.807, 2.05) is 13.8 Å². The molecule has 0 radical (unpaired) electrons. The Morgan fingerprint density at radius 3 is 2.11 bits per heavy atom. The maximum Gasteiger partial charge on any atom is 0.242 e. The monoisotopic (exact) mass is 271 g/mol. The van der Waals surface area contributed by atoms with Crippen LogP contribution in [0.3, 0.4) is 0 Å². The van der Waals surface area contributed by atoms with Gasteiger partial charge in [0.1, 0.15) is 0 Å². The molecule has 5 nitrogen and oxygen atoms in total. The van der Waals surface area contributed by atoms with E-state index in [2.05, 4.69) is 5.32 Å². The molecule has 1 aromatic rings. The van der Waals surface area contributed by atoms with Gasteiger partial charge in [0, 0.05) is 31.9 Å². The standard InChI is InChI=1S/C12H21N3O2S/c1-12(2,13)9-14-10-5-7-11(8-6-10)18(16,17)15(3)4/h5-8,14H,9,13H2,1-4H3. The Hall–Kier alpha value is -1.11. The van der Waals surface area contributed by atoms with Crippen LogP contribution in [-0.4, -0.2) is 38.9 Å². The lowest BCUT2D eigenvalue weighted by molar-refractivity contribution is 0.520. The zero-order valence-corrected chi connectivity index (χ0v) is 12.1. The third kappa shape index (κ3) is 3.97. The highest BCUT2D eigenvalue weighted by Crippen LogP contribution is 2.16. The number of hydrogen-bond acceptors (Lipinski definition) is 4.